The molecule has 104 valence electrons. The molecule has 0 spiro atoms. The molecule has 0 saturated carbocycles. The summed E-state index contributed by atoms with van der Waals surface area (Å²) >= 11 is 7.59. The molecule has 1 N–H and O–H groups in total. The molecule has 3 aromatic rings. The normalized spacial score (nSPS) is 12.7. The van der Waals surface area contributed by atoms with Crippen LogP contribution in [0.15, 0.2) is 47.3 Å². The van der Waals surface area contributed by atoms with E-state index in [1.165, 1.54) is 0 Å². The smallest absolute Gasteiger partial charge is 0.126 e. The van der Waals surface area contributed by atoms with Crippen molar-refractivity contribution in [3.8, 4) is 0 Å². The summed E-state index contributed by atoms with van der Waals surface area (Å²) in [5.41, 5.74) is 0. The lowest BCUT2D eigenvalue weighted by Crippen LogP contribution is -2.22. The Morgan fingerprint density at radius 2 is 2.35 bits per heavy atom. The highest BCUT2D eigenvalue weighted by atomic mass is 35.5. The van der Waals surface area contributed by atoms with Gasteiger partial charge in [-0.1, -0.05) is 11.6 Å². The van der Waals surface area contributed by atoms with Gasteiger partial charge in [0.2, 0.25) is 0 Å². The molecule has 3 rings (SSSR count). The van der Waals surface area contributed by atoms with E-state index < -0.39 is 0 Å². The summed E-state index contributed by atoms with van der Waals surface area (Å²) in [7, 11) is 1.98. The molecular formula is C14H14ClN3OS. The van der Waals surface area contributed by atoms with Crippen LogP contribution in [0.2, 0.25) is 4.34 Å². The minimum Gasteiger partial charge on any atom is -0.467 e. The van der Waals surface area contributed by atoms with Crippen molar-refractivity contribution >= 4 is 22.9 Å². The second kappa shape index (κ2) is 5.83. The van der Waals surface area contributed by atoms with Gasteiger partial charge in [-0.3, -0.25) is 5.32 Å². The van der Waals surface area contributed by atoms with Gasteiger partial charge >= 0.3 is 0 Å². The number of thiophene rings is 1. The Morgan fingerprint density at radius 3 is 2.95 bits per heavy atom. The van der Waals surface area contributed by atoms with E-state index in [4.69, 9.17) is 16.0 Å². The molecule has 3 aromatic heterocycles. The molecule has 1 unspecified atom stereocenters. The van der Waals surface area contributed by atoms with Crippen molar-refractivity contribution in [2.24, 2.45) is 7.05 Å². The Kier molecular flexibility index (Phi) is 3.91. The first-order valence-corrected chi connectivity index (χ1v) is 7.41. The summed E-state index contributed by atoms with van der Waals surface area (Å²) in [5.74, 6) is 1.85. The van der Waals surface area contributed by atoms with Gasteiger partial charge < -0.3 is 8.98 Å². The minimum absolute atomic E-state index is 0.0146. The number of imidazole rings is 1. The van der Waals surface area contributed by atoms with Crippen LogP contribution < -0.4 is 5.32 Å². The Labute approximate surface area is 126 Å². The van der Waals surface area contributed by atoms with Crippen LogP contribution in [-0.4, -0.2) is 9.55 Å². The van der Waals surface area contributed by atoms with E-state index in [9.17, 15) is 0 Å². The fourth-order valence-corrected chi connectivity index (χ4v) is 3.19. The maximum Gasteiger partial charge on any atom is 0.126 e. The Morgan fingerprint density at radius 1 is 1.45 bits per heavy atom. The van der Waals surface area contributed by atoms with Crippen LogP contribution in [0.4, 0.5) is 0 Å². The molecule has 0 aliphatic heterocycles. The van der Waals surface area contributed by atoms with Crippen molar-refractivity contribution in [1.29, 1.82) is 0 Å². The van der Waals surface area contributed by atoms with Gasteiger partial charge in [0.1, 0.15) is 17.6 Å². The van der Waals surface area contributed by atoms with Gasteiger partial charge in [0.15, 0.2) is 0 Å². The second-order valence-electron chi connectivity index (χ2n) is 4.43. The fourth-order valence-electron chi connectivity index (χ4n) is 2.04. The third-order valence-electron chi connectivity index (χ3n) is 3.09. The lowest BCUT2D eigenvalue weighted by Gasteiger charge is -2.15. The lowest BCUT2D eigenvalue weighted by molar-refractivity contribution is 0.444. The number of hydrogen-bond donors (Lipinski definition) is 1. The zero-order chi connectivity index (χ0) is 13.9. The van der Waals surface area contributed by atoms with Gasteiger partial charge in [0, 0.05) is 24.3 Å². The predicted molar refractivity (Wildman–Crippen MR) is 79.9 cm³/mol. The number of furan rings is 1. The molecule has 0 fully saturated rings. The fraction of sp³-hybridized carbons (Fsp3) is 0.214. The molecule has 6 heteroatoms. The molecule has 4 nitrogen and oxygen atoms in total. The summed E-state index contributed by atoms with van der Waals surface area (Å²) in [6.07, 6.45) is 5.40. The molecule has 0 aliphatic rings. The number of nitrogens with zero attached hydrogens (tertiary/aromatic N) is 2. The number of halogens is 1. The van der Waals surface area contributed by atoms with Crippen molar-refractivity contribution in [2.75, 3.05) is 0 Å². The molecule has 0 aliphatic carbocycles. The van der Waals surface area contributed by atoms with Crippen LogP contribution in [0.1, 0.15) is 22.5 Å². The summed E-state index contributed by atoms with van der Waals surface area (Å²) in [4.78, 5) is 5.44. The number of aryl methyl sites for hydroxylation is 1. The van der Waals surface area contributed by atoms with Crippen molar-refractivity contribution in [3.63, 3.8) is 0 Å². The van der Waals surface area contributed by atoms with Crippen molar-refractivity contribution in [1.82, 2.24) is 14.9 Å². The standard InChI is InChI=1S/C14H14ClN3OS/c1-18-7-6-16-13(18)9-17-14(10-3-2-8-19-10)11-4-5-12(15)20-11/h2-8,14,17H,9H2,1H3. The van der Waals surface area contributed by atoms with E-state index in [-0.39, 0.29) is 6.04 Å². The summed E-state index contributed by atoms with van der Waals surface area (Å²) < 4.78 is 8.30. The molecule has 0 amide bonds. The van der Waals surface area contributed by atoms with E-state index in [1.54, 1.807) is 23.8 Å². The predicted octanol–water partition coefficient (Wildman–Crippen LogP) is 3.61. The molecule has 1 atom stereocenters. The van der Waals surface area contributed by atoms with Crippen LogP contribution in [0.25, 0.3) is 0 Å². The first-order chi connectivity index (χ1) is 9.74. The highest BCUT2D eigenvalue weighted by Crippen LogP contribution is 2.31. The van der Waals surface area contributed by atoms with Crippen molar-refractivity contribution in [2.45, 2.75) is 12.6 Å². The van der Waals surface area contributed by atoms with E-state index in [0.29, 0.717) is 6.54 Å². The summed E-state index contributed by atoms with van der Waals surface area (Å²) in [5, 5.41) is 3.47. The Bertz CT molecular complexity index is 674. The first kappa shape index (κ1) is 13.4. The average molecular weight is 308 g/mol. The molecule has 0 radical (unpaired) electrons. The van der Waals surface area contributed by atoms with Gasteiger partial charge in [-0.15, -0.1) is 11.3 Å². The number of hydrogen-bond acceptors (Lipinski definition) is 4. The van der Waals surface area contributed by atoms with E-state index in [1.807, 2.05) is 42.1 Å². The molecule has 20 heavy (non-hydrogen) atoms. The molecule has 0 aromatic carbocycles. The maximum absolute atomic E-state index is 6.03. The third-order valence-corrected chi connectivity index (χ3v) is 4.39. The van der Waals surface area contributed by atoms with E-state index >= 15 is 0 Å². The third kappa shape index (κ3) is 2.80. The zero-order valence-electron chi connectivity index (χ0n) is 10.9. The highest BCUT2D eigenvalue weighted by molar-refractivity contribution is 7.16. The summed E-state index contributed by atoms with van der Waals surface area (Å²) in [6.45, 7) is 0.657. The quantitative estimate of drug-likeness (QED) is 0.783. The van der Waals surface area contributed by atoms with Crippen LogP contribution in [0.3, 0.4) is 0 Å². The lowest BCUT2D eigenvalue weighted by atomic mass is 10.2. The van der Waals surface area contributed by atoms with E-state index in [2.05, 4.69) is 10.3 Å². The average Bonchev–Trinajstić information content (AvgIpc) is 3.14. The number of rotatable bonds is 5. The number of aromatic nitrogens is 2. The molecule has 0 bridgehead atoms. The Hall–Kier alpha value is -1.56. The van der Waals surface area contributed by atoms with E-state index in [0.717, 1.165) is 20.8 Å². The van der Waals surface area contributed by atoms with Crippen LogP contribution in [-0.2, 0) is 13.6 Å². The largest absolute Gasteiger partial charge is 0.467 e. The highest BCUT2D eigenvalue weighted by Gasteiger charge is 2.19. The molecule has 0 saturated heterocycles. The monoisotopic (exact) mass is 307 g/mol. The molecule has 3 heterocycles. The van der Waals surface area contributed by atoms with Gasteiger partial charge in [-0.2, -0.15) is 0 Å². The van der Waals surface area contributed by atoms with Gasteiger partial charge in [0.05, 0.1) is 17.1 Å². The van der Waals surface area contributed by atoms with Crippen molar-refractivity contribution < 1.29 is 4.42 Å². The first-order valence-electron chi connectivity index (χ1n) is 6.22. The van der Waals surface area contributed by atoms with Gasteiger partial charge in [0.25, 0.3) is 0 Å². The SMILES string of the molecule is Cn1ccnc1CNC(c1ccco1)c1ccc(Cl)s1. The second-order valence-corrected chi connectivity index (χ2v) is 6.17. The van der Waals surface area contributed by atoms with Crippen LogP contribution in [0.5, 0.6) is 0 Å². The van der Waals surface area contributed by atoms with Crippen LogP contribution >= 0.6 is 22.9 Å². The minimum atomic E-state index is -0.0146. The summed E-state index contributed by atoms with van der Waals surface area (Å²) in [6, 6.07) is 7.76. The Balaban J connectivity index is 1.81. The van der Waals surface area contributed by atoms with Gasteiger partial charge in [-0.25, -0.2) is 4.98 Å². The van der Waals surface area contributed by atoms with Crippen molar-refractivity contribution in [3.05, 3.63) is 63.7 Å². The van der Waals surface area contributed by atoms with Crippen LogP contribution in [0, 0.1) is 0 Å². The zero-order valence-corrected chi connectivity index (χ0v) is 12.5. The maximum atomic E-state index is 6.03. The molecular weight excluding hydrogens is 294 g/mol. The van der Waals surface area contributed by atoms with Gasteiger partial charge in [-0.05, 0) is 24.3 Å². The number of nitrogens with one attached hydrogen (secondary N) is 1. The topological polar surface area (TPSA) is 43.0 Å².